The second kappa shape index (κ2) is 6.34. The largest absolute Gasteiger partial charge is 0.481 e. The van der Waals surface area contributed by atoms with Gasteiger partial charge < -0.3 is 5.11 Å². The number of carboxylic acid groups (broad SMARTS) is 1. The molecule has 6 nitrogen and oxygen atoms in total. The molecular weight excluding hydrogens is 280 g/mol. The van der Waals surface area contributed by atoms with E-state index in [1.54, 1.807) is 6.07 Å². The molecule has 0 spiro atoms. The lowest BCUT2D eigenvalue weighted by molar-refractivity contribution is -0.136. The van der Waals surface area contributed by atoms with Crippen molar-refractivity contribution in [1.29, 1.82) is 0 Å². The van der Waals surface area contributed by atoms with Crippen LogP contribution in [-0.4, -0.2) is 25.5 Å². The molecule has 7 heteroatoms. The minimum absolute atomic E-state index is 0.0318. The van der Waals surface area contributed by atoms with E-state index in [0.29, 0.717) is 6.42 Å². The van der Waals surface area contributed by atoms with Gasteiger partial charge in [-0.25, -0.2) is 0 Å². The van der Waals surface area contributed by atoms with E-state index in [0.717, 1.165) is 24.0 Å². The van der Waals surface area contributed by atoms with Gasteiger partial charge in [0.05, 0.1) is 0 Å². The predicted octanol–water partition coefficient (Wildman–Crippen LogP) is 0.790. The first kappa shape index (κ1) is 15.0. The van der Waals surface area contributed by atoms with Crippen LogP contribution >= 0.6 is 0 Å². The van der Waals surface area contributed by atoms with Crippen LogP contribution in [0.3, 0.4) is 0 Å². The Kier molecular flexibility index (Phi) is 4.74. The summed E-state index contributed by atoms with van der Waals surface area (Å²) in [5, 5.41) is 8.71. The average Bonchev–Trinajstić information content (AvgIpc) is 3.18. The van der Waals surface area contributed by atoms with Crippen LogP contribution in [0.15, 0.2) is 24.3 Å². The number of aliphatic carboxylic acids is 1. The first-order valence-electron chi connectivity index (χ1n) is 6.52. The number of hydrogen-bond acceptors (Lipinski definition) is 3. The molecule has 1 aromatic carbocycles. The van der Waals surface area contributed by atoms with Crippen LogP contribution in [0.4, 0.5) is 0 Å². The molecule has 1 aliphatic rings. The van der Waals surface area contributed by atoms with Crippen LogP contribution in [0.25, 0.3) is 0 Å². The summed E-state index contributed by atoms with van der Waals surface area (Å²) in [5.41, 5.74) is 1.65. The second-order valence-corrected chi connectivity index (χ2v) is 6.41. The highest BCUT2D eigenvalue weighted by atomic mass is 32.2. The summed E-state index contributed by atoms with van der Waals surface area (Å²) in [7, 11) is -3.48. The number of hydrogen-bond donors (Lipinski definition) is 3. The number of aryl methyl sites for hydroxylation is 1. The summed E-state index contributed by atoms with van der Waals surface area (Å²) in [6, 6.07) is 7.31. The minimum Gasteiger partial charge on any atom is -0.481 e. The van der Waals surface area contributed by atoms with Crippen molar-refractivity contribution >= 4 is 16.2 Å². The highest BCUT2D eigenvalue weighted by molar-refractivity contribution is 7.87. The molecule has 20 heavy (non-hydrogen) atoms. The van der Waals surface area contributed by atoms with Crippen molar-refractivity contribution in [1.82, 2.24) is 9.44 Å². The molecule has 1 aromatic rings. The summed E-state index contributed by atoms with van der Waals surface area (Å²) < 4.78 is 28.5. The van der Waals surface area contributed by atoms with E-state index in [2.05, 4.69) is 9.44 Å². The Hall–Kier alpha value is -1.44. The van der Waals surface area contributed by atoms with Crippen molar-refractivity contribution in [3.8, 4) is 0 Å². The van der Waals surface area contributed by atoms with E-state index in [9.17, 15) is 13.2 Å². The van der Waals surface area contributed by atoms with E-state index in [4.69, 9.17) is 5.11 Å². The maximum Gasteiger partial charge on any atom is 0.303 e. The molecule has 1 aliphatic carbocycles. The van der Waals surface area contributed by atoms with Crippen LogP contribution in [-0.2, 0) is 28.0 Å². The molecule has 0 heterocycles. The van der Waals surface area contributed by atoms with Gasteiger partial charge in [0.1, 0.15) is 0 Å². The minimum atomic E-state index is -3.48. The van der Waals surface area contributed by atoms with E-state index >= 15 is 0 Å². The van der Waals surface area contributed by atoms with Crippen molar-refractivity contribution in [2.75, 3.05) is 0 Å². The van der Waals surface area contributed by atoms with Crippen molar-refractivity contribution in [3.63, 3.8) is 0 Å². The van der Waals surface area contributed by atoms with Gasteiger partial charge in [-0.15, -0.1) is 0 Å². The SMILES string of the molecule is O=C(O)CCc1ccccc1CNS(=O)(=O)NC1CC1. The fourth-order valence-electron chi connectivity index (χ4n) is 1.85. The number of carboxylic acids is 1. The van der Waals surface area contributed by atoms with Gasteiger partial charge in [-0.3, -0.25) is 4.79 Å². The Bertz CT molecular complexity index is 582. The third-order valence-electron chi connectivity index (χ3n) is 3.08. The summed E-state index contributed by atoms with van der Waals surface area (Å²) >= 11 is 0. The Morgan fingerprint density at radius 1 is 1.25 bits per heavy atom. The third-order valence-corrected chi connectivity index (χ3v) is 4.25. The van der Waals surface area contributed by atoms with Gasteiger partial charge in [0, 0.05) is 19.0 Å². The van der Waals surface area contributed by atoms with Gasteiger partial charge in [-0.2, -0.15) is 17.9 Å². The molecule has 0 aliphatic heterocycles. The maximum atomic E-state index is 11.7. The Morgan fingerprint density at radius 3 is 2.50 bits per heavy atom. The van der Waals surface area contributed by atoms with Gasteiger partial charge in [-0.1, -0.05) is 24.3 Å². The van der Waals surface area contributed by atoms with Crippen LogP contribution in [0, 0.1) is 0 Å². The first-order chi connectivity index (χ1) is 9.46. The molecule has 1 saturated carbocycles. The molecule has 0 atom stereocenters. The van der Waals surface area contributed by atoms with Crippen molar-refractivity contribution < 1.29 is 18.3 Å². The van der Waals surface area contributed by atoms with Crippen molar-refractivity contribution in [3.05, 3.63) is 35.4 Å². The highest BCUT2D eigenvalue weighted by Crippen LogP contribution is 2.19. The molecule has 0 radical (unpaired) electrons. The lowest BCUT2D eigenvalue weighted by Crippen LogP contribution is -2.37. The Balaban J connectivity index is 1.95. The molecule has 2 rings (SSSR count). The van der Waals surface area contributed by atoms with Gasteiger partial charge in [0.2, 0.25) is 0 Å². The molecule has 0 unspecified atom stereocenters. The van der Waals surface area contributed by atoms with Crippen LogP contribution in [0.5, 0.6) is 0 Å². The molecular formula is C13H18N2O4S. The smallest absolute Gasteiger partial charge is 0.303 e. The van der Waals surface area contributed by atoms with E-state index in [-0.39, 0.29) is 19.0 Å². The number of benzene rings is 1. The van der Waals surface area contributed by atoms with Gasteiger partial charge >= 0.3 is 5.97 Å². The van der Waals surface area contributed by atoms with Crippen LogP contribution in [0.2, 0.25) is 0 Å². The molecule has 110 valence electrons. The van der Waals surface area contributed by atoms with Gasteiger partial charge in [-0.05, 0) is 30.4 Å². The molecule has 3 N–H and O–H groups in total. The number of rotatable bonds is 8. The predicted molar refractivity (Wildman–Crippen MR) is 74.3 cm³/mol. The lowest BCUT2D eigenvalue weighted by Gasteiger charge is -2.11. The normalized spacial score (nSPS) is 15.2. The molecule has 0 aromatic heterocycles. The topological polar surface area (TPSA) is 95.5 Å². The Morgan fingerprint density at radius 2 is 1.90 bits per heavy atom. The van der Waals surface area contributed by atoms with Gasteiger partial charge in [0.25, 0.3) is 10.2 Å². The highest BCUT2D eigenvalue weighted by Gasteiger charge is 2.26. The summed E-state index contributed by atoms with van der Waals surface area (Å²) in [6.45, 7) is 0.165. The fourth-order valence-corrected chi connectivity index (χ4v) is 2.95. The molecule has 0 amide bonds. The number of carbonyl (C=O) groups is 1. The van der Waals surface area contributed by atoms with Crippen molar-refractivity contribution in [2.24, 2.45) is 0 Å². The number of nitrogens with one attached hydrogen (secondary N) is 2. The van der Waals surface area contributed by atoms with E-state index in [1.165, 1.54) is 0 Å². The average molecular weight is 298 g/mol. The zero-order chi connectivity index (χ0) is 14.6. The summed E-state index contributed by atoms with van der Waals surface area (Å²) in [6.07, 6.45) is 2.19. The monoisotopic (exact) mass is 298 g/mol. The van der Waals surface area contributed by atoms with E-state index < -0.39 is 16.2 Å². The summed E-state index contributed by atoms with van der Waals surface area (Å²) in [4.78, 5) is 10.6. The fraction of sp³-hybridized carbons (Fsp3) is 0.462. The van der Waals surface area contributed by atoms with Crippen LogP contribution < -0.4 is 9.44 Å². The zero-order valence-corrected chi connectivity index (χ0v) is 11.8. The quantitative estimate of drug-likeness (QED) is 0.661. The standard InChI is InChI=1S/C13H18N2O4S/c16-13(17)8-5-10-3-1-2-4-11(10)9-14-20(18,19)15-12-6-7-12/h1-4,12,14-15H,5-9H2,(H,16,17). The molecule has 0 bridgehead atoms. The third kappa shape index (κ3) is 4.92. The first-order valence-corrected chi connectivity index (χ1v) is 8.00. The molecule has 0 saturated heterocycles. The maximum absolute atomic E-state index is 11.7. The Labute approximate surface area is 118 Å². The second-order valence-electron chi connectivity index (χ2n) is 4.88. The van der Waals surface area contributed by atoms with Crippen LogP contribution in [0.1, 0.15) is 30.4 Å². The summed E-state index contributed by atoms with van der Waals surface area (Å²) in [5.74, 6) is -0.865. The van der Waals surface area contributed by atoms with Gasteiger partial charge in [0.15, 0.2) is 0 Å². The lowest BCUT2D eigenvalue weighted by atomic mass is 10.0. The zero-order valence-electron chi connectivity index (χ0n) is 11.0. The van der Waals surface area contributed by atoms with Crippen molar-refractivity contribution in [2.45, 2.75) is 38.3 Å². The molecule has 1 fully saturated rings. The van der Waals surface area contributed by atoms with E-state index in [1.807, 2.05) is 18.2 Å².